The Morgan fingerprint density at radius 3 is 1.84 bits per heavy atom. The van der Waals surface area contributed by atoms with Gasteiger partial charge in [-0.25, -0.2) is 0 Å². The van der Waals surface area contributed by atoms with Gasteiger partial charge in [0.15, 0.2) is 0 Å². The summed E-state index contributed by atoms with van der Waals surface area (Å²) in [4.78, 5) is 2.37. The molecule has 0 N–H and O–H groups in total. The van der Waals surface area contributed by atoms with Crippen molar-refractivity contribution in [3.8, 4) is 11.1 Å². The molecule has 0 amide bonds. The molecule has 1 aliphatic carbocycles. The van der Waals surface area contributed by atoms with Crippen molar-refractivity contribution in [2.75, 3.05) is 4.90 Å². The van der Waals surface area contributed by atoms with E-state index in [4.69, 9.17) is 0 Å². The van der Waals surface area contributed by atoms with Crippen molar-refractivity contribution in [3.63, 3.8) is 0 Å². The second kappa shape index (κ2) is 8.89. The summed E-state index contributed by atoms with van der Waals surface area (Å²) in [5, 5.41) is 5.21. The molecule has 0 heterocycles. The van der Waals surface area contributed by atoms with Gasteiger partial charge in [0.1, 0.15) is 0 Å². The van der Waals surface area contributed by atoms with Gasteiger partial charge in [-0.3, -0.25) is 0 Å². The second-order valence-corrected chi connectivity index (χ2v) is 10.4. The van der Waals surface area contributed by atoms with Crippen LogP contribution in [0.2, 0.25) is 0 Å². The summed E-state index contributed by atoms with van der Waals surface area (Å²) in [7, 11) is 0. The average Bonchev–Trinajstić information content (AvgIpc) is 3.26. The Bertz CT molecular complexity index is 1740. The molecule has 0 bridgehead atoms. The SMILES string of the molecule is CCC1(CC)c2ccccc2-c2cc3ccc4c(N(c5ccccc5)c5ccccc5)cccc4c3cc21. The summed E-state index contributed by atoms with van der Waals surface area (Å²) in [5.74, 6) is 0. The summed E-state index contributed by atoms with van der Waals surface area (Å²) in [6.45, 7) is 4.69. The number of benzene rings is 6. The number of fused-ring (bicyclic) bond motifs is 6. The van der Waals surface area contributed by atoms with Crippen LogP contribution in [0.4, 0.5) is 17.1 Å². The Balaban J connectivity index is 1.51. The maximum absolute atomic E-state index is 2.51. The normalized spacial score (nSPS) is 13.4. The van der Waals surface area contributed by atoms with Crippen molar-refractivity contribution in [2.24, 2.45) is 0 Å². The fourth-order valence-electron chi connectivity index (χ4n) is 6.81. The molecule has 0 fully saturated rings. The minimum atomic E-state index is 0.0694. The Labute approximate surface area is 225 Å². The number of nitrogens with zero attached hydrogens (tertiary/aromatic N) is 1. The number of para-hydroxylation sites is 2. The van der Waals surface area contributed by atoms with E-state index in [1.807, 2.05) is 0 Å². The Morgan fingerprint density at radius 1 is 0.500 bits per heavy atom. The zero-order chi connectivity index (χ0) is 25.7. The lowest BCUT2D eigenvalue weighted by Crippen LogP contribution is -2.22. The molecule has 184 valence electrons. The summed E-state index contributed by atoms with van der Waals surface area (Å²) in [6, 6.07) is 46.7. The third kappa shape index (κ3) is 3.25. The summed E-state index contributed by atoms with van der Waals surface area (Å²) in [6.07, 6.45) is 2.20. The molecule has 0 atom stereocenters. The van der Waals surface area contributed by atoms with Crippen molar-refractivity contribution in [1.29, 1.82) is 0 Å². The highest BCUT2D eigenvalue weighted by Crippen LogP contribution is 2.54. The molecule has 1 aliphatic rings. The maximum atomic E-state index is 2.51. The zero-order valence-electron chi connectivity index (χ0n) is 22.0. The third-order valence-corrected chi connectivity index (χ3v) is 8.72. The summed E-state index contributed by atoms with van der Waals surface area (Å²) < 4.78 is 0. The first-order chi connectivity index (χ1) is 18.7. The first-order valence-corrected chi connectivity index (χ1v) is 13.8. The van der Waals surface area contributed by atoms with E-state index in [1.165, 1.54) is 49.5 Å². The molecule has 0 aromatic heterocycles. The van der Waals surface area contributed by atoms with E-state index in [0.717, 1.165) is 24.2 Å². The predicted octanol–water partition coefficient (Wildman–Crippen LogP) is 10.5. The van der Waals surface area contributed by atoms with Gasteiger partial charge < -0.3 is 4.90 Å². The van der Waals surface area contributed by atoms with Crippen LogP contribution in [0.3, 0.4) is 0 Å². The molecule has 0 spiro atoms. The van der Waals surface area contributed by atoms with Crippen LogP contribution in [-0.2, 0) is 5.41 Å². The van der Waals surface area contributed by atoms with Crippen molar-refractivity contribution in [2.45, 2.75) is 32.1 Å². The van der Waals surface area contributed by atoms with E-state index in [0.29, 0.717) is 0 Å². The fourth-order valence-corrected chi connectivity index (χ4v) is 6.81. The van der Waals surface area contributed by atoms with Crippen LogP contribution in [-0.4, -0.2) is 0 Å². The Morgan fingerprint density at radius 2 is 1.16 bits per heavy atom. The van der Waals surface area contributed by atoms with E-state index in [-0.39, 0.29) is 5.41 Å². The fraction of sp³-hybridized carbons (Fsp3) is 0.135. The van der Waals surface area contributed by atoms with Crippen LogP contribution in [0.5, 0.6) is 0 Å². The largest absolute Gasteiger partial charge is 0.310 e. The first kappa shape index (κ1) is 22.8. The lowest BCUT2D eigenvalue weighted by atomic mass is 9.73. The van der Waals surface area contributed by atoms with Crippen LogP contribution >= 0.6 is 0 Å². The molecule has 0 unspecified atom stereocenters. The van der Waals surface area contributed by atoms with Crippen molar-refractivity contribution in [3.05, 3.63) is 139 Å². The molecule has 0 saturated heterocycles. The van der Waals surface area contributed by atoms with E-state index >= 15 is 0 Å². The molecular formula is C37H31N. The van der Waals surface area contributed by atoms with Gasteiger partial charge in [0.05, 0.1) is 5.69 Å². The quantitative estimate of drug-likeness (QED) is 0.218. The first-order valence-electron chi connectivity index (χ1n) is 13.8. The topological polar surface area (TPSA) is 3.24 Å². The molecule has 0 saturated carbocycles. The van der Waals surface area contributed by atoms with Crippen molar-refractivity contribution in [1.82, 2.24) is 0 Å². The lowest BCUT2D eigenvalue weighted by molar-refractivity contribution is 0.491. The summed E-state index contributed by atoms with van der Waals surface area (Å²) in [5.41, 5.74) is 9.36. The van der Waals surface area contributed by atoms with Crippen LogP contribution in [0.25, 0.3) is 32.7 Å². The molecule has 38 heavy (non-hydrogen) atoms. The van der Waals surface area contributed by atoms with E-state index < -0.39 is 0 Å². The van der Waals surface area contributed by atoms with Gasteiger partial charge in [0.25, 0.3) is 0 Å². The number of anilines is 3. The molecule has 7 rings (SSSR count). The third-order valence-electron chi connectivity index (χ3n) is 8.72. The molecule has 0 aliphatic heterocycles. The molecule has 0 radical (unpaired) electrons. The van der Waals surface area contributed by atoms with E-state index in [9.17, 15) is 0 Å². The van der Waals surface area contributed by atoms with Gasteiger partial charge in [-0.1, -0.05) is 98.8 Å². The smallest absolute Gasteiger partial charge is 0.0540 e. The lowest BCUT2D eigenvalue weighted by Gasteiger charge is -2.30. The van der Waals surface area contributed by atoms with E-state index in [2.05, 4.69) is 146 Å². The molecular weight excluding hydrogens is 458 g/mol. The highest BCUT2D eigenvalue weighted by Gasteiger charge is 2.40. The standard InChI is InChI=1S/C37H31N/c1-3-37(4-2)34-20-12-11-18-30(34)33-24-26-22-23-31-29(32(26)25-35(33)37)19-13-21-36(31)38(27-14-7-5-8-15-27)28-16-9-6-10-17-28/h5-25H,3-4H2,1-2H3. The molecule has 6 aromatic rings. The Kier molecular flexibility index (Phi) is 5.33. The van der Waals surface area contributed by atoms with Gasteiger partial charge in [-0.15, -0.1) is 0 Å². The van der Waals surface area contributed by atoms with Gasteiger partial charge in [0, 0.05) is 22.2 Å². The van der Waals surface area contributed by atoms with Crippen LogP contribution < -0.4 is 4.90 Å². The van der Waals surface area contributed by atoms with Crippen molar-refractivity contribution < 1.29 is 0 Å². The van der Waals surface area contributed by atoms with Crippen LogP contribution in [0.15, 0.2) is 127 Å². The average molecular weight is 490 g/mol. The van der Waals surface area contributed by atoms with Crippen LogP contribution in [0, 0.1) is 0 Å². The van der Waals surface area contributed by atoms with Crippen molar-refractivity contribution >= 4 is 38.6 Å². The minimum Gasteiger partial charge on any atom is -0.310 e. The molecule has 6 aromatic carbocycles. The van der Waals surface area contributed by atoms with Gasteiger partial charge in [-0.05, 0) is 93.7 Å². The zero-order valence-corrected chi connectivity index (χ0v) is 22.0. The predicted molar refractivity (Wildman–Crippen MR) is 163 cm³/mol. The van der Waals surface area contributed by atoms with Gasteiger partial charge in [-0.2, -0.15) is 0 Å². The number of rotatable bonds is 5. The number of hydrogen-bond acceptors (Lipinski definition) is 1. The second-order valence-electron chi connectivity index (χ2n) is 10.4. The molecule has 1 heteroatoms. The monoisotopic (exact) mass is 489 g/mol. The van der Waals surface area contributed by atoms with Gasteiger partial charge >= 0.3 is 0 Å². The highest BCUT2D eigenvalue weighted by molar-refractivity contribution is 6.14. The highest BCUT2D eigenvalue weighted by atomic mass is 15.1. The Hall–Kier alpha value is -4.36. The molecule has 1 nitrogen and oxygen atoms in total. The number of hydrogen-bond donors (Lipinski definition) is 0. The van der Waals surface area contributed by atoms with Crippen LogP contribution in [0.1, 0.15) is 37.8 Å². The van der Waals surface area contributed by atoms with Gasteiger partial charge in [0.2, 0.25) is 0 Å². The van der Waals surface area contributed by atoms with E-state index in [1.54, 1.807) is 0 Å². The maximum Gasteiger partial charge on any atom is 0.0540 e. The minimum absolute atomic E-state index is 0.0694. The summed E-state index contributed by atoms with van der Waals surface area (Å²) >= 11 is 0.